The first-order valence-corrected chi connectivity index (χ1v) is 24.8. The van der Waals surface area contributed by atoms with Crippen molar-refractivity contribution in [3.05, 3.63) is 261 Å². The van der Waals surface area contributed by atoms with E-state index in [9.17, 15) is 0 Å². The molecule has 13 rings (SSSR count). The van der Waals surface area contributed by atoms with Crippen LogP contribution >= 0.6 is 0 Å². The summed E-state index contributed by atoms with van der Waals surface area (Å²) in [6, 6.07) is 71.9. The average Bonchev–Trinajstić information content (AvgIpc) is 4.09. The van der Waals surface area contributed by atoms with Crippen molar-refractivity contribution in [1.29, 1.82) is 0 Å². The summed E-state index contributed by atoms with van der Waals surface area (Å²) in [5.74, 6) is 0.682. The molecule has 0 N–H and O–H groups in total. The first kappa shape index (κ1) is 43.4. The molecule has 0 radical (unpaired) electrons. The lowest BCUT2D eigenvalue weighted by molar-refractivity contribution is 1.10. The number of fused-ring (bicyclic) bond motifs is 8. The molecule has 3 aromatic heterocycles. The van der Waals surface area contributed by atoms with Crippen LogP contribution in [-0.2, 0) is 0 Å². The first-order chi connectivity index (χ1) is 36.0. The Kier molecular flexibility index (Phi) is 10.5. The smallest absolute Gasteiger partial charge is 0.160 e. The Morgan fingerprint density at radius 3 is 1.77 bits per heavy atom. The summed E-state index contributed by atoms with van der Waals surface area (Å²) < 4.78 is 4.75. The van der Waals surface area contributed by atoms with Crippen LogP contribution in [0.25, 0.3) is 140 Å². The first-order valence-electron chi connectivity index (χ1n) is 24.8. The summed E-state index contributed by atoms with van der Waals surface area (Å²) in [5, 5.41) is 6.11. The summed E-state index contributed by atoms with van der Waals surface area (Å²) in [7, 11) is 0. The standard InChI is InChI=1S/C69H48N4/c1-5-9-21-44(6-2)47-26-18-28-51(38-47)73-65-37-35-49(41-60(65)68-57-33-20-32-56-54-30-16-17-31-55(54)59(67(56)57)42-66(68)73)48-34-36-64-58(40-48)53(7-3)63(8-4)72(64)52-29-19-27-50(39-52)62-43-61(45-22-12-10-13-23-45)70-69(71-62)46-24-14-11-15-25-46/h5-43H,2-4H2,1H3/b9-5-,44-21+. The number of rotatable bonds is 11. The second-order valence-electron chi connectivity index (χ2n) is 18.6. The minimum Gasteiger partial charge on any atom is -0.309 e. The zero-order valence-electron chi connectivity index (χ0n) is 40.4. The van der Waals surface area contributed by atoms with Crippen molar-refractivity contribution in [1.82, 2.24) is 19.1 Å². The Bertz CT molecular complexity index is 4250. The zero-order valence-corrected chi connectivity index (χ0v) is 40.4. The van der Waals surface area contributed by atoms with Crippen LogP contribution in [0.2, 0.25) is 0 Å². The van der Waals surface area contributed by atoms with E-state index in [0.29, 0.717) is 5.82 Å². The molecule has 0 spiro atoms. The summed E-state index contributed by atoms with van der Waals surface area (Å²) >= 11 is 0. The van der Waals surface area contributed by atoms with Crippen LogP contribution < -0.4 is 0 Å². The van der Waals surface area contributed by atoms with Crippen LogP contribution in [0.5, 0.6) is 0 Å². The highest BCUT2D eigenvalue weighted by molar-refractivity contribution is 6.29. The van der Waals surface area contributed by atoms with E-state index in [1.54, 1.807) is 0 Å². The molecule has 4 heteroatoms. The van der Waals surface area contributed by atoms with Gasteiger partial charge in [0.1, 0.15) is 0 Å². The molecule has 0 aliphatic heterocycles. The fraction of sp³-hybridized carbons (Fsp3) is 0.0145. The van der Waals surface area contributed by atoms with E-state index in [1.165, 1.54) is 49.3 Å². The fourth-order valence-electron chi connectivity index (χ4n) is 11.2. The lowest BCUT2D eigenvalue weighted by Crippen LogP contribution is -1.99. The van der Waals surface area contributed by atoms with Gasteiger partial charge in [0.15, 0.2) is 5.82 Å². The van der Waals surface area contributed by atoms with E-state index in [4.69, 9.17) is 9.97 Å². The maximum absolute atomic E-state index is 5.16. The van der Waals surface area contributed by atoms with Gasteiger partial charge in [-0.1, -0.05) is 190 Å². The van der Waals surface area contributed by atoms with Crippen LogP contribution in [0.15, 0.2) is 244 Å². The molecule has 1 aliphatic rings. The summed E-state index contributed by atoms with van der Waals surface area (Å²) in [6.07, 6.45) is 12.1. The van der Waals surface area contributed by atoms with Crippen LogP contribution in [0, 0.1) is 0 Å². The number of benzene rings is 9. The molecule has 0 atom stereocenters. The number of hydrogen-bond acceptors (Lipinski definition) is 2. The quantitative estimate of drug-likeness (QED) is 0.121. The lowest BCUT2D eigenvalue weighted by Gasteiger charge is -2.13. The third kappa shape index (κ3) is 7.06. The zero-order chi connectivity index (χ0) is 49.2. The molecule has 1 aliphatic carbocycles. The largest absolute Gasteiger partial charge is 0.309 e. The van der Waals surface area contributed by atoms with Gasteiger partial charge in [-0.15, -0.1) is 0 Å². The molecular weight excluding hydrogens is 885 g/mol. The molecule has 0 unspecified atom stereocenters. The molecule has 0 amide bonds. The summed E-state index contributed by atoms with van der Waals surface area (Å²) in [4.78, 5) is 10.2. The summed E-state index contributed by atoms with van der Waals surface area (Å²) in [5.41, 5.74) is 21.7. The highest BCUT2D eigenvalue weighted by Crippen LogP contribution is 2.51. The van der Waals surface area contributed by atoms with Gasteiger partial charge in [-0.05, 0) is 129 Å². The van der Waals surface area contributed by atoms with Crippen molar-refractivity contribution in [2.24, 2.45) is 0 Å². The second-order valence-corrected chi connectivity index (χ2v) is 18.6. The molecule has 12 aromatic rings. The Hall–Kier alpha value is -9.64. The third-order valence-electron chi connectivity index (χ3n) is 14.5. The van der Waals surface area contributed by atoms with E-state index < -0.39 is 0 Å². The monoisotopic (exact) mass is 932 g/mol. The molecule has 0 bridgehead atoms. The SMILES string of the molecule is C=C/C(=C\C=C/C)c1cccc(-n2c3ccc(-c4ccc5c(c4)c(C=C)c(C=C)n5-c4cccc(-c5cc(-c6ccccc6)nc(-c6ccccc6)n5)c4)cc3c3c4cccc5c4c(cc32)-c2ccccc2-5)c1. The van der Waals surface area contributed by atoms with Crippen LogP contribution in [-0.4, -0.2) is 19.1 Å². The topological polar surface area (TPSA) is 35.6 Å². The van der Waals surface area contributed by atoms with Gasteiger partial charge in [-0.3, -0.25) is 0 Å². The van der Waals surface area contributed by atoms with E-state index in [0.717, 1.165) is 89.4 Å². The molecule has 0 saturated heterocycles. The van der Waals surface area contributed by atoms with Crippen molar-refractivity contribution in [3.8, 4) is 78.7 Å². The van der Waals surface area contributed by atoms with Gasteiger partial charge >= 0.3 is 0 Å². The van der Waals surface area contributed by atoms with E-state index in [-0.39, 0.29) is 0 Å². The number of hydrogen-bond donors (Lipinski definition) is 0. The number of allylic oxidation sites excluding steroid dienone is 5. The van der Waals surface area contributed by atoms with E-state index in [2.05, 4.69) is 205 Å². The van der Waals surface area contributed by atoms with Crippen molar-refractivity contribution in [2.45, 2.75) is 6.92 Å². The maximum atomic E-state index is 5.16. The number of nitrogens with zero attached hydrogens (tertiary/aromatic N) is 4. The second kappa shape index (κ2) is 17.6. The fourth-order valence-corrected chi connectivity index (χ4v) is 11.2. The van der Waals surface area contributed by atoms with Gasteiger partial charge in [0.05, 0.1) is 33.6 Å². The van der Waals surface area contributed by atoms with Gasteiger partial charge in [-0.2, -0.15) is 0 Å². The number of aromatic nitrogens is 4. The molecule has 0 saturated carbocycles. The molecule has 0 fully saturated rings. The van der Waals surface area contributed by atoms with Crippen molar-refractivity contribution in [3.63, 3.8) is 0 Å². The minimum absolute atomic E-state index is 0.682. The van der Waals surface area contributed by atoms with Crippen molar-refractivity contribution < 1.29 is 0 Å². The summed E-state index contributed by atoms with van der Waals surface area (Å²) in [6.45, 7) is 14.9. The molecule has 3 heterocycles. The Labute approximate surface area is 424 Å². The normalized spacial score (nSPS) is 12.1. The molecule has 344 valence electrons. The van der Waals surface area contributed by atoms with Gasteiger partial charge < -0.3 is 9.13 Å². The van der Waals surface area contributed by atoms with Gasteiger partial charge in [0.2, 0.25) is 0 Å². The molecule has 9 aromatic carbocycles. The highest BCUT2D eigenvalue weighted by Gasteiger charge is 2.26. The Morgan fingerprint density at radius 1 is 0.438 bits per heavy atom. The maximum Gasteiger partial charge on any atom is 0.160 e. The average molecular weight is 933 g/mol. The Morgan fingerprint density at radius 2 is 1.05 bits per heavy atom. The van der Waals surface area contributed by atoms with Gasteiger partial charge in [0, 0.05) is 49.8 Å². The Balaban J connectivity index is 0.978. The minimum atomic E-state index is 0.682. The predicted octanol–water partition coefficient (Wildman–Crippen LogP) is 18.4. The van der Waals surface area contributed by atoms with E-state index >= 15 is 0 Å². The predicted molar refractivity (Wildman–Crippen MR) is 310 cm³/mol. The molecule has 73 heavy (non-hydrogen) atoms. The third-order valence-corrected chi connectivity index (χ3v) is 14.5. The van der Waals surface area contributed by atoms with Crippen LogP contribution in [0.1, 0.15) is 23.7 Å². The highest BCUT2D eigenvalue weighted by atomic mass is 15.0. The van der Waals surface area contributed by atoms with Crippen LogP contribution in [0.4, 0.5) is 0 Å². The van der Waals surface area contributed by atoms with Crippen molar-refractivity contribution in [2.75, 3.05) is 0 Å². The molecular formula is C69H48N4. The van der Waals surface area contributed by atoms with Gasteiger partial charge in [0.25, 0.3) is 0 Å². The van der Waals surface area contributed by atoms with Crippen LogP contribution in [0.3, 0.4) is 0 Å². The molecule has 4 nitrogen and oxygen atoms in total. The van der Waals surface area contributed by atoms with Crippen molar-refractivity contribution >= 4 is 61.2 Å². The van der Waals surface area contributed by atoms with Gasteiger partial charge in [-0.25, -0.2) is 9.97 Å². The lowest BCUT2D eigenvalue weighted by atomic mass is 9.96. The van der Waals surface area contributed by atoms with E-state index in [1.807, 2.05) is 67.6 Å².